The van der Waals surface area contributed by atoms with Crippen molar-refractivity contribution in [2.24, 2.45) is 5.41 Å². The van der Waals surface area contributed by atoms with Crippen LogP contribution in [0.1, 0.15) is 46.2 Å². The van der Waals surface area contributed by atoms with E-state index in [4.69, 9.17) is 11.6 Å². The van der Waals surface area contributed by atoms with Gasteiger partial charge in [-0.05, 0) is 55.8 Å². The number of hydrogen-bond donors (Lipinski definition) is 1. The summed E-state index contributed by atoms with van der Waals surface area (Å²) in [5.74, 6) is -1.34. The van der Waals surface area contributed by atoms with E-state index in [1.54, 1.807) is 45.0 Å². The molecule has 0 aromatic heterocycles. The first-order chi connectivity index (χ1) is 14.6. The smallest absolute Gasteiger partial charge is 0.294 e. The zero-order chi connectivity index (χ0) is 22.9. The summed E-state index contributed by atoms with van der Waals surface area (Å²) < 4.78 is 0. The third-order valence-electron chi connectivity index (χ3n) is 5.58. The lowest BCUT2D eigenvalue weighted by Gasteiger charge is -2.29. The van der Waals surface area contributed by atoms with Gasteiger partial charge < -0.3 is 10.0 Å². The van der Waals surface area contributed by atoms with Crippen LogP contribution in [0.4, 0.5) is 11.4 Å². The molecule has 2 aromatic rings. The minimum absolute atomic E-state index is 0.128. The largest absolute Gasteiger partial charge is 0.503 e. The van der Waals surface area contributed by atoms with E-state index in [1.807, 2.05) is 24.3 Å². The van der Waals surface area contributed by atoms with Crippen LogP contribution in [0.3, 0.4) is 0 Å². The van der Waals surface area contributed by atoms with Crippen molar-refractivity contribution in [3.05, 3.63) is 70.4 Å². The van der Waals surface area contributed by atoms with Crippen LogP contribution in [-0.2, 0) is 9.59 Å². The lowest BCUT2D eigenvalue weighted by atomic mass is 9.82. The van der Waals surface area contributed by atoms with Crippen LogP contribution in [0.2, 0.25) is 5.02 Å². The van der Waals surface area contributed by atoms with Gasteiger partial charge in [-0.15, -0.1) is 0 Å². The molecule has 0 saturated carbocycles. The molecule has 0 saturated heterocycles. The van der Waals surface area contributed by atoms with Gasteiger partial charge in [0.15, 0.2) is 11.5 Å². The Morgan fingerprint density at radius 3 is 2.06 bits per heavy atom. The number of aliphatic hydroxyl groups is 1. The van der Waals surface area contributed by atoms with Gasteiger partial charge >= 0.3 is 0 Å². The highest BCUT2D eigenvalue weighted by molar-refractivity contribution is 6.30. The number of halogens is 1. The summed E-state index contributed by atoms with van der Waals surface area (Å²) in [6, 6.07) is 13.9. The molecular weight excluding hydrogens is 412 g/mol. The Morgan fingerprint density at radius 1 is 1.03 bits per heavy atom. The molecule has 31 heavy (non-hydrogen) atoms. The van der Waals surface area contributed by atoms with Crippen LogP contribution in [0.15, 0.2) is 59.9 Å². The van der Waals surface area contributed by atoms with E-state index >= 15 is 0 Å². The molecule has 0 aliphatic carbocycles. The van der Waals surface area contributed by atoms with Crippen molar-refractivity contribution in [3.63, 3.8) is 0 Å². The van der Waals surface area contributed by atoms with E-state index in [0.717, 1.165) is 24.3 Å². The summed E-state index contributed by atoms with van der Waals surface area (Å²) in [7, 11) is 0. The Bertz CT molecular complexity index is 1000. The van der Waals surface area contributed by atoms with Crippen LogP contribution in [0, 0.1) is 5.41 Å². The average Bonchev–Trinajstić information content (AvgIpc) is 2.99. The Kier molecular flexibility index (Phi) is 6.46. The molecule has 1 atom stereocenters. The maximum absolute atomic E-state index is 13.3. The van der Waals surface area contributed by atoms with Crippen LogP contribution >= 0.6 is 11.6 Å². The Morgan fingerprint density at radius 2 is 1.58 bits per heavy atom. The monoisotopic (exact) mass is 440 g/mol. The van der Waals surface area contributed by atoms with E-state index in [1.165, 1.54) is 4.90 Å². The number of ketones is 1. The van der Waals surface area contributed by atoms with Gasteiger partial charge in [-0.3, -0.25) is 14.5 Å². The van der Waals surface area contributed by atoms with E-state index < -0.39 is 23.1 Å². The summed E-state index contributed by atoms with van der Waals surface area (Å²) in [5.41, 5.74) is 1.77. The quantitative estimate of drug-likeness (QED) is 0.625. The number of amides is 1. The fraction of sp³-hybridized carbons (Fsp3) is 0.360. The summed E-state index contributed by atoms with van der Waals surface area (Å²) in [6.45, 7) is 11.3. The van der Waals surface area contributed by atoms with E-state index in [2.05, 4.69) is 18.7 Å². The molecule has 5 nitrogen and oxygen atoms in total. The van der Waals surface area contributed by atoms with Gasteiger partial charge in [0, 0.05) is 34.9 Å². The molecule has 3 rings (SSSR count). The zero-order valence-corrected chi connectivity index (χ0v) is 19.4. The number of aliphatic hydroxyl groups excluding tert-OH is 1. The molecule has 6 heteroatoms. The highest BCUT2D eigenvalue weighted by atomic mass is 35.5. The summed E-state index contributed by atoms with van der Waals surface area (Å²) >= 11 is 6.03. The molecule has 0 bridgehead atoms. The molecule has 1 unspecified atom stereocenters. The second kappa shape index (κ2) is 8.75. The highest BCUT2D eigenvalue weighted by Gasteiger charge is 2.46. The third kappa shape index (κ3) is 4.33. The van der Waals surface area contributed by atoms with Gasteiger partial charge in [-0.25, -0.2) is 0 Å². The number of anilines is 2. The van der Waals surface area contributed by atoms with Crippen molar-refractivity contribution >= 4 is 34.7 Å². The predicted octanol–water partition coefficient (Wildman–Crippen LogP) is 5.70. The molecule has 164 valence electrons. The molecule has 1 heterocycles. The Hall–Kier alpha value is -2.79. The first-order valence-electron chi connectivity index (χ1n) is 10.5. The maximum atomic E-state index is 13.3. The fourth-order valence-corrected chi connectivity index (χ4v) is 4.01. The van der Waals surface area contributed by atoms with Gasteiger partial charge in [0.25, 0.3) is 5.91 Å². The lowest BCUT2D eigenvalue weighted by molar-refractivity contribution is -0.123. The van der Waals surface area contributed by atoms with Gasteiger partial charge in [-0.2, -0.15) is 0 Å². The van der Waals surface area contributed by atoms with E-state index in [-0.39, 0.29) is 11.4 Å². The maximum Gasteiger partial charge on any atom is 0.294 e. The molecule has 1 aliphatic heterocycles. The second-order valence-electron chi connectivity index (χ2n) is 8.66. The second-order valence-corrected chi connectivity index (χ2v) is 9.10. The molecular formula is C25H29ClN2O3. The molecule has 0 radical (unpaired) electrons. The third-order valence-corrected chi connectivity index (χ3v) is 5.83. The van der Waals surface area contributed by atoms with Crippen molar-refractivity contribution in [3.8, 4) is 0 Å². The topological polar surface area (TPSA) is 60.9 Å². The van der Waals surface area contributed by atoms with Crippen LogP contribution < -0.4 is 9.80 Å². The van der Waals surface area contributed by atoms with Gasteiger partial charge in [0.1, 0.15) is 0 Å². The van der Waals surface area contributed by atoms with Crippen LogP contribution in [0.25, 0.3) is 0 Å². The van der Waals surface area contributed by atoms with Crippen LogP contribution in [0.5, 0.6) is 0 Å². The van der Waals surface area contributed by atoms with Crippen molar-refractivity contribution in [1.29, 1.82) is 0 Å². The van der Waals surface area contributed by atoms with Crippen molar-refractivity contribution in [2.75, 3.05) is 22.9 Å². The predicted molar refractivity (Wildman–Crippen MR) is 126 cm³/mol. The Labute approximate surface area is 188 Å². The number of nitrogens with zero attached hydrogens (tertiary/aromatic N) is 2. The van der Waals surface area contributed by atoms with Crippen LogP contribution in [-0.4, -0.2) is 29.9 Å². The van der Waals surface area contributed by atoms with E-state index in [9.17, 15) is 14.7 Å². The number of benzene rings is 2. The molecule has 2 aromatic carbocycles. The molecule has 1 aliphatic rings. The van der Waals surface area contributed by atoms with Crippen molar-refractivity contribution in [1.82, 2.24) is 0 Å². The number of carbonyl (C=O) groups is 2. The number of carbonyl (C=O) groups excluding carboxylic acids is 2. The molecule has 0 spiro atoms. The molecule has 1 N–H and O–H groups in total. The molecule has 0 fully saturated rings. The molecule has 1 amide bonds. The normalized spacial score (nSPS) is 16.8. The minimum atomic E-state index is -0.751. The number of Topliss-reactive ketones (excluding diaryl/α,β-unsaturated/α-hetero) is 1. The SMILES string of the molecule is CCN(CC)c1ccc(C2C(C(=O)C(C)(C)C)=C(O)C(=O)N2c2ccc(Cl)cc2)cc1. The first-order valence-corrected chi connectivity index (χ1v) is 10.9. The summed E-state index contributed by atoms with van der Waals surface area (Å²) in [4.78, 5) is 30.1. The van der Waals surface area contributed by atoms with Gasteiger partial charge in [0.05, 0.1) is 11.6 Å². The van der Waals surface area contributed by atoms with Gasteiger partial charge in [-0.1, -0.05) is 44.5 Å². The van der Waals surface area contributed by atoms with Gasteiger partial charge in [0.2, 0.25) is 0 Å². The minimum Gasteiger partial charge on any atom is -0.503 e. The van der Waals surface area contributed by atoms with Crippen molar-refractivity contribution < 1.29 is 14.7 Å². The number of hydrogen-bond acceptors (Lipinski definition) is 4. The zero-order valence-electron chi connectivity index (χ0n) is 18.6. The van der Waals surface area contributed by atoms with Crippen molar-refractivity contribution in [2.45, 2.75) is 40.7 Å². The summed E-state index contributed by atoms with van der Waals surface area (Å²) in [6.07, 6.45) is 0. The van der Waals surface area contributed by atoms with E-state index in [0.29, 0.717) is 10.7 Å². The highest BCUT2D eigenvalue weighted by Crippen LogP contribution is 2.43. The number of rotatable bonds is 6. The lowest BCUT2D eigenvalue weighted by Crippen LogP contribution is -2.32. The fourth-order valence-electron chi connectivity index (χ4n) is 3.88. The standard InChI is InChI=1S/C25H29ClN2O3/c1-6-27(7-2)18-12-8-16(9-13-18)21-20(23(30)25(3,4)5)22(29)24(31)28(21)19-14-10-17(26)11-15-19/h8-15,21,29H,6-7H2,1-5H3. The first kappa shape index (κ1) is 22.9. The Balaban J connectivity index is 2.14. The summed E-state index contributed by atoms with van der Waals surface area (Å²) in [5, 5.41) is 11.3. The average molecular weight is 441 g/mol.